The van der Waals surface area contributed by atoms with E-state index in [1.54, 1.807) is 6.26 Å². The average Bonchev–Trinajstić information content (AvgIpc) is 3.17. The standard InChI is InChI=1S/C18H28N4O3/c1-13-6-9-24-17(13)18-20-19-16(25-18)12-21(3)11-15-4-7-22(8-5-15)10-14(2)23/h6,9,14-15,23H,4-5,7-8,10-12H2,1-3H3/t14-/m0/s1. The van der Waals surface area contributed by atoms with E-state index in [4.69, 9.17) is 8.83 Å². The molecule has 1 aliphatic heterocycles. The van der Waals surface area contributed by atoms with Crippen LogP contribution in [0, 0.1) is 12.8 Å². The Kier molecular flexibility index (Phi) is 5.88. The molecule has 7 heteroatoms. The van der Waals surface area contributed by atoms with Gasteiger partial charge in [0.15, 0.2) is 5.76 Å². The van der Waals surface area contributed by atoms with Gasteiger partial charge in [-0.1, -0.05) is 0 Å². The van der Waals surface area contributed by atoms with E-state index >= 15 is 0 Å². The van der Waals surface area contributed by atoms with E-state index in [1.807, 2.05) is 19.9 Å². The zero-order valence-electron chi connectivity index (χ0n) is 15.3. The van der Waals surface area contributed by atoms with Gasteiger partial charge in [-0.15, -0.1) is 10.2 Å². The molecule has 1 atom stereocenters. The Morgan fingerprint density at radius 2 is 2.12 bits per heavy atom. The van der Waals surface area contributed by atoms with E-state index in [0.29, 0.717) is 30.0 Å². The topological polar surface area (TPSA) is 78.8 Å². The van der Waals surface area contributed by atoms with Crippen molar-refractivity contribution in [2.24, 2.45) is 5.92 Å². The molecule has 138 valence electrons. The molecule has 0 aromatic carbocycles. The van der Waals surface area contributed by atoms with Crippen LogP contribution in [-0.4, -0.2) is 64.4 Å². The third-order valence-corrected chi connectivity index (χ3v) is 4.73. The molecule has 3 rings (SSSR count). The predicted molar refractivity (Wildman–Crippen MR) is 93.9 cm³/mol. The van der Waals surface area contributed by atoms with Crippen LogP contribution in [0.15, 0.2) is 21.2 Å². The van der Waals surface area contributed by atoms with Crippen LogP contribution in [0.3, 0.4) is 0 Å². The van der Waals surface area contributed by atoms with Gasteiger partial charge in [-0.05, 0) is 58.8 Å². The zero-order chi connectivity index (χ0) is 17.8. The lowest BCUT2D eigenvalue weighted by Gasteiger charge is -2.34. The Hall–Kier alpha value is -1.70. The number of rotatable bonds is 7. The Bertz CT molecular complexity index is 659. The lowest BCUT2D eigenvalue weighted by atomic mass is 9.96. The average molecular weight is 348 g/mol. The van der Waals surface area contributed by atoms with Crippen LogP contribution in [-0.2, 0) is 6.54 Å². The van der Waals surface area contributed by atoms with Gasteiger partial charge in [0.05, 0.1) is 18.9 Å². The van der Waals surface area contributed by atoms with Gasteiger partial charge in [-0.2, -0.15) is 0 Å². The highest BCUT2D eigenvalue weighted by atomic mass is 16.4. The summed E-state index contributed by atoms with van der Waals surface area (Å²) in [5.41, 5.74) is 0.993. The maximum atomic E-state index is 9.49. The fourth-order valence-electron chi connectivity index (χ4n) is 3.46. The number of aliphatic hydroxyl groups is 1. The van der Waals surface area contributed by atoms with Gasteiger partial charge < -0.3 is 18.8 Å². The fourth-order valence-corrected chi connectivity index (χ4v) is 3.46. The minimum atomic E-state index is -0.247. The smallest absolute Gasteiger partial charge is 0.283 e. The molecule has 0 saturated carbocycles. The maximum Gasteiger partial charge on any atom is 0.283 e. The normalized spacial score (nSPS) is 18.1. The molecule has 0 aliphatic carbocycles. The van der Waals surface area contributed by atoms with Gasteiger partial charge in [-0.3, -0.25) is 4.90 Å². The molecule has 0 bridgehead atoms. The van der Waals surface area contributed by atoms with E-state index in [9.17, 15) is 5.11 Å². The molecule has 2 aromatic rings. The van der Waals surface area contributed by atoms with Gasteiger partial charge in [0, 0.05) is 18.7 Å². The summed E-state index contributed by atoms with van der Waals surface area (Å²) in [7, 11) is 2.09. The second kappa shape index (κ2) is 8.12. The van der Waals surface area contributed by atoms with E-state index in [-0.39, 0.29) is 6.10 Å². The van der Waals surface area contributed by atoms with Gasteiger partial charge in [0.1, 0.15) is 0 Å². The molecule has 0 spiro atoms. The van der Waals surface area contributed by atoms with Crippen molar-refractivity contribution in [3.8, 4) is 11.7 Å². The van der Waals surface area contributed by atoms with Gasteiger partial charge in [0.25, 0.3) is 5.89 Å². The molecular formula is C18H28N4O3. The first-order chi connectivity index (χ1) is 12.0. The predicted octanol–water partition coefficient (Wildman–Crippen LogP) is 2.16. The van der Waals surface area contributed by atoms with Crippen molar-refractivity contribution in [2.75, 3.05) is 33.2 Å². The summed E-state index contributed by atoms with van der Waals surface area (Å²) in [4.78, 5) is 4.58. The molecule has 0 unspecified atom stereocenters. The Morgan fingerprint density at radius 3 is 2.76 bits per heavy atom. The minimum Gasteiger partial charge on any atom is -0.459 e. The third-order valence-electron chi connectivity index (χ3n) is 4.73. The molecule has 0 radical (unpaired) electrons. The van der Waals surface area contributed by atoms with Crippen LogP contribution in [0.2, 0.25) is 0 Å². The summed E-state index contributed by atoms with van der Waals surface area (Å²) in [5, 5.41) is 17.7. The van der Waals surface area contributed by atoms with Crippen molar-refractivity contribution in [1.29, 1.82) is 0 Å². The quantitative estimate of drug-likeness (QED) is 0.821. The maximum absolute atomic E-state index is 9.49. The number of hydrogen-bond donors (Lipinski definition) is 1. The van der Waals surface area contributed by atoms with Crippen LogP contribution >= 0.6 is 0 Å². The van der Waals surface area contributed by atoms with Crippen molar-refractivity contribution >= 4 is 0 Å². The van der Waals surface area contributed by atoms with Crippen LogP contribution < -0.4 is 0 Å². The number of hydrogen-bond acceptors (Lipinski definition) is 7. The van der Waals surface area contributed by atoms with Crippen LogP contribution in [0.4, 0.5) is 0 Å². The first kappa shape index (κ1) is 18.1. The number of aromatic nitrogens is 2. The van der Waals surface area contributed by atoms with Crippen molar-refractivity contribution in [3.63, 3.8) is 0 Å². The summed E-state index contributed by atoms with van der Waals surface area (Å²) in [6, 6.07) is 1.88. The van der Waals surface area contributed by atoms with Crippen LogP contribution in [0.5, 0.6) is 0 Å². The van der Waals surface area contributed by atoms with E-state index in [0.717, 1.165) is 44.6 Å². The van der Waals surface area contributed by atoms with E-state index in [2.05, 4.69) is 27.0 Å². The molecule has 0 amide bonds. The second-order valence-electron chi connectivity index (χ2n) is 7.22. The summed E-state index contributed by atoms with van der Waals surface area (Å²) >= 11 is 0. The molecule has 1 fully saturated rings. The van der Waals surface area contributed by atoms with Crippen LogP contribution in [0.1, 0.15) is 31.2 Å². The molecule has 1 aliphatic rings. The van der Waals surface area contributed by atoms with Crippen molar-refractivity contribution in [1.82, 2.24) is 20.0 Å². The largest absolute Gasteiger partial charge is 0.459 e. The molecule has 7 nitrogen and oxygen atoms in total. The fraction of sp³-hybridized carbons (Fsp3) is 0.667. The number of piperidine rings is 1. The van der Waals surface area contributed by atoms with Crippen molar-refractivity contribution in [3.05, 3.63) is 23.8 Å². The summed E-state index contributed by atoms with van der Waals surface area (Å²) in [6.45, 7) is 8.36. The Morgan fingerprint density at radius 1 is 1.36 bits per heavy atom. The molecule has 1 N–H and O–H groups in total. The summed E-state index contributed by atoms with van der Waals surface area (Å²) in [6.07, 6.45) is 3.71. The molecular weight excluding hydrogens is 320 g/mol. The van der Waals surface area contributed by atoms with Gasteiger partial charge in [-0.25, -0.2) is 0 Å². The lowest BCUT2D eigenvalue weighted by molar-refractivity contribution is 0.0911. The van der Waals surface area contributed by atoms with Gasteiger partial charge in [0.2, 0.25) is 5.89 Å². The highest BCUT2D eigenvalue weighted by Gasteiger charge is 2.22. The highest BCUT2D eigenvalue weighted by Crippen LogP contribution is 2.23. The molecule has 1 saturated heterocycles. The molecule has 25 heavy (non-hydrogen) atoms. The van der Waals surface area contributed by atoms with Crippen molar-refractivity contribution < 1.29 is 13.9 Å². The zero-order valence-corrected chi connectivity index (χ0v) is 15.3. The summed E-state index contributed by atoms with van der Waals surface area (Å²) in [5.74, 6) is 2.37. The number of aryl methyl sites for hydroxylation is 1. The van der Waals surface area contributed by atoms with Crippen molar-refractivity contribution in [2.45, 2.75) is 39.3 Å². The Labute approximate surface area is 148 Å². The molecule has 3 heterocycles. The second-order valence-corrected chi connectivity index (χ2v) is 7.22. The number of nitrogens with zero attached hydrogens (tertiary/aromatic N) is 4. The number of likely N-dealkylation sites (tertiary alicyclic amines) is 1. The first-order valence-electron chi connectivity index (χ1n) is 8.97. The number of aliphatic hydroxyl groups excluding tert-OH is 1. The monoisotopic (exact) mass is 348 g/mol. The highest BCUT2D eigenvalue weighted by molar-refractivity contribution is 5.49. The first-order valence-corrected chi connectivity index (χ1v) is 8.97. The van der Waals surface area contributed by atoms with Crippen LogP contribution in [0.25, 0.3) is 11.7 Å². The number of β-amino-alcohol motifs (C(OH)–C–C–N with tert-alkyl or cyclic N) is 1. The SMILES string of the molecule is Cc1ccoc1-c1nnc(CN(C)CC2CCN(C[C@H](C)O)CC2)o1. The van der Waals surface area contributed by atoms with E-state index < -0.39 is 0 Å². The third kappa shape index (κ3) is 4.90. The summed E-state index contributed by atoms with van der Waals surface area (Å²) < 4.78 is 11.1. The lowest BCUT2D eigenvalue weighted by Crippen LogP contribution is -2.40. The molecule has 2 aromatic heterocycles. The minimum absolute atomic E-state index is 0.247. The Balaban J connectivity index is 1.46. The van der Waals surface area contributed by atoms with Gasteiger partial charge >= 0.3 is 0 Å². The van der Waals surface area contributed by atoms with E-state index in [1.165, 1.54) is 0 Å². The number of furan rings is 1.